The van der Waals surface area contributed by atoms with E-state index >= 15 is 0 Å². The summed E-state index contributed by atoms with van der Waals surface area (Å²) in [4.78, 5) is 40.8. The standard InChI is InChI=1S/C22H26N8O2/c1-29(2)22(32)27-16-6-4-10-30(13-16)18-12-25-19(20(23)31)21(28-18)26-15-7-8-17-14(11-15)5-3-9-24-17/h3,5,7-9,11-12,16H,4,6,10,13H2,1-2H3,(H2,23,31)(H,26,28)(H,27,32). The van der Waals surface area contributed by atoms with Crippen molar-refractivity contribution in [1.29, 1.82) is 0 Å². The van der Waals surface area contributed by atoms with E-state index in [-0.39, 0.29) is 23.6 Å². The lowest BCUT2D eigenvalue weighted by molar-refractivity contribution is 0.0996. The SMILES string of the molecule is CN(C)C(=O)NC1CCCN(c2cnc(C(N)=O)c(Nc3ccc4ncccc4c3)n2)C1. The summed E-state index contributed by atoms with van der Waals surface area (Å²) in [6.45, 7) is 1.38. The number of pyridine rings is 1. The smallest absolute Gasteiger partial charge is 0.317 e. The molecule has 0 aliphatic carbocycles. The average molecular weight is 435 g/mol. The molecule has 3 heterocycles. The number of piperidine rings is 1. The molecule has 4 rings (SSSR count). The van der Waals surface area contributed by atoms with Gasteiger partial charge in [-0.1, -0.05) is 6.07 Å². The van der Waals surface area contributed by atoms with Gasteiger partial charge in [-0.25, -0.2) is 14.8 Å². The van der Waals surface area contributed by atoms with Crippen LogP contribution in [0.2, 0.25) is 0 Å². The van der Waals surface area contributed by atoms with E-state index in [0.717, 1.165) is 36.0 Å². The third-order valence-corrected chi connectivity index (χ3v) is 5.34. The molecule has 0 spiro atoms. The normalized spacial score (nSPS) is 15.9. The maximum atomic E-state index is 12.0. The van der Waals surface area contributed by atoms with Gasteiger partial charge >= 0.3 is 6.03 Å². The monoisotopic (exact) mass is 434 g/mol. The van der Waals surface area contributed by atoms with Crippen LogP contribution in [-0.4, -0.2) is 65.0 Å². The minimum atomic E-state index is -0.663. The molecule has 1 aliphatic heterocycles. The molecule has 0 radical (unpaired) electrons. The number of amides is 3. The molecule has 1 unspecified atom stereocenters. The Balaban J connectivity index is 1.58. The van der Waals surface area contributed by atoms with Crippen molar-refractivity contribution in [2.45, 2.75) is 18.9 Å². The molecule has 3 amide bonds. The zero-order valence-corrected chi connectivity index (χ0v) is 18.1. The zero-order chi connectivity index (χ0) is 22.7. The average Bonchev–Trinajstić information content (AvgIpc) is 2.79. The Labute approximate surface area is 185 Å². The molecule has 2 aromatic heterocycles. The number of nitrogens with two attached hydrogens (primary N) is 1. The second-order valence-corrected chi connectivity index (χ2v) is 7.95. The molecular weight excluding hydrogens is 408 g/mol. The van der Waals surface area contributed by atoms with Crippen molar-refractivity contribution < 1.29 is 9.59 Å². The lowest BCUT2D eigenvalue weighted by Crippen LogP contribution is -2.50. The molecule has 0 bridgehead atoms. The van der Waals surface area contributed by atoms with Crippen LogP contribution in [0.4, 0.5) is 22.1 Å². The van der Waals surface area contributed by atoms with E-state index in [1.165, 1.54) is 4.90 Å². The van der Waals surface area contributed by atoms with E-state index in [1.54, 1.807) is 26.5 Å². The number of primary amides is 1. The van der Waals surface area contributed by atoms with Gasteiger partial charge in [0.15, 0.2) is 11.5 Å². The molecule has 4 N–H and O–H groups in total. The number of aromatic nitrogens is 3. The molecule has 32 heavy (non-hydrogen) atoms. The molecule has 3 aromatic rings. The summed E-state index contributed by atoms with van der Waals surface area (Å²) >= 11 is 0. The maximum Gasteiger partial charge on any atom is 0.317 e. The van der Waals surface area contributed by atoms with Crippen LogP contribution in [0.15, 0.2) is 42.7 Å². The third kappa shape index (κ3) is 4.69. The van der Waals surface area contributed by atoms with Gasteiger partial charge in [-0.3, -0.25) is 9.78 Å². The molecule has 1 aliphatic rings. The predicted octanol–water partition coefficient (Wildman–Crippen LogP) is 2.11. The summed E-state index contributed by atoms with van der Waals surface area (Å²) in [5, 5.41) is 7.16. The summed E-state index contributed by atoms with van der Waals surface area (Å²) < 4.78 is 0. The fourth-order valence-electron chi connectivity index (χ4n) is 3.70. The third-order valence-electron chi connectivity index (χ3n) is 5.34. The first-order valence-corrected chi connectivity index (χ1v) is 10.4. The molecule has 10 heteroatoms. The molecule has 0 saturated carbocycles. The molecule has 10 nitrogen and oxygen atoms in total. The molecule has 1 saturated heterocycles. The first kappa shape index (κ1) is 21.3. The van der Waals surface area contributed by atoms with Crippen molar-refractivity contribution >= 4 is 40.2 Å². The van der Waals surface area contributed by atoms with Crippen LogP contribution in [0.25, 0.3) is 10.9 Å². The Kier molecular flexibility index (Phi) is 6.02. The van der Waals surface area contributed by atoms with E-state index in [0.29, 0.717) is 12.4 Å². The summed E-state index contributed by atoms with van der Waals surface area (Å²) in [6, 6.07) is 9.38. The van der Waals surface area contributed by atoms with Gasteiger partial charge in [-0.15, -0.1) is 0 Å². The number of hydrogen-bond donors (Lipinski definition) is 3. The zero-order valence-electron chi connectivity index (χ0n) is 18.1. The topological polar surface area (TPSA) is 129 Å². The van der Waals surface area contributed by atoms with Crippen molar-refractivity contribution in [1.82, 2.24) is 25.2 Å². The summed E-state index contributed by atoms with van der Waals surface area (Å²) in [5.74, 6) is 0.241. The fourth-order valence-corrected chi connectivity index (χ4v) is 3.70. The van der Waals surface area contributed by atoms with Crippen LogP contribution in [-0.2, 0) is 0 Å². The minimum absolute atomic E-state index is 0.000615. The van der Waals surface area contributed by atoms with E-state index in [9.17, 15) is 9.59 Å². The Morgan fingerprint density at radius 1 is 1.22 bits per heavy atom. The van der Waals surface area contributed by atoms with Crippen LogP contribution in [0, 0.1) is 0 Å². The Morgan fingerprint density at radius 3 is 2.84 bits per heavy atom. The van der Waals surface area contributed by atoms with Gasteiger partial charge in [-0.2, -0.15) is 0 Å². The van der Waals surface area contributed by atoms with Crippen LogP contribution in [0.3, 0.4) is 0 Å². The highest BCUT2D eigenvalue weighted by atomic mass is 16.2. The van der Waals surface area contributed by atoms with Gasteiger partial charge in [-0.05, 0) is 37.1 Å². The van der Waals surface area contributed by atoms with Gasteiger partial charge in [0.25, 0.3) is 5.91 Å². The van der Waals surface area contributed by atoms with Gasteiger partial charge in [0.2, 0.25) is 0 Å². The molecular formula is C22H26N8O2. The van der Waals surface area contributed by atoms with Crippen molar-refractivity contribution in [3.63, 3.8) is 0 Å². The first-order chi connectivity index (χ1) is 15.4. The second-order valence-electron chi connectivity index (χ2n) is 7.95. The molecule has 1 fully saturated rings. The summed E-state index contributed by atoms with van der Waals surface area (Å²) in [6.07, 6.45) is 5.07. The Bertz CT molecular complexity index is 1150. The van der Waals surface area contributed by atoms with Crippen molar-refractivity contribution in [2.75, 3.05) is 37.4 Å². The van der Waals surface area contributed by atoms with Gasteiger partial charge in [0, 0.05) is 50.5 Å². The quantitative estimate of drug-likeness (QED) is 0.561. The van der Waals surface area contributed by atoms with Crippen LogP contribution in [0.1, 0.15) is 23.3 Å². The highest BCUT2D eigenvalue weighted by Gasteiger charge is 2.24. The molecule has 166 valence electrons. The number of rotatable bonds is 5. The Hall–Kier alpha value is -3.95. The number of fused-ring (bicyclic) bond motifs is 1. The lowest BCUT2D eigenvalue weighted by atomic mass is 10.1. The number of urea groups is 1. The van der Waals surface area contributed by atoms with E-state index in [1.807, 2.05) is 30.3 Å². The predicted molar refractivity (Wildman–Crippen MR) is 123 cm³/mol. The number of benzene rings is 1. The number of anilines is 3. The fraction of sp³-hybridized carbons (Fsp3) is 0.318. The number of carbonyl (C=O) groups excluding carboxylic acids is 2. The van der Waals surface area contributed by atoms with E-state index in [4.69, 9.17) is 5.73 Å². The van der Waals surface area contributed by atoms with E-state index in [2.05, 4.69) is 30.5 Å². The summed E-state index contributed by atoms with van der Waals surface area (Å²) in [5.41, 5.74) is 7.21. The van der Waals surface area contributed by atoms with Gasteiger partial charge in [0.1, 0.15) is 5.82 Å². The van der Waals surface area contributed by atoms with Crippen LogP contribution >= 0.6 is 0 Å². The highest BCUT2D eigenvalue weighted by molar-refractivity contribution is 5.96. The van der Waals surface area contributed by atoms with Crippen molar-refractivity contribution in [3.05, 3.63) is 48.4 Å². The number of nitrogens with one attached hydrogen (secondary N) is 2. The minimum Gasteiger partial charge on any atom is -0.364 e. The molecule has 1 atom stereocenters. The largest absolute Gasteiger partial charge is 0.364 e. The Morgan fingerprint density at radius 2 is 2.06 bits per heavy atom. The number of hydrogen-bond acceptors (Lipinski definition) is 7. The van der Waals surface area contributed by atoms with E-state index < -0.39 is 5.91 Å². The highest BCUT2D eigenvalue weighted by Crippen LogP contribution is 2.25. The van der Waals surface area contributed by atoms with Crippen LogP contribution in [0.5, 0.6) is 0 Å². The lowest BCUT2D eigenvalue weighted by Gasteiger charge is -2.34. The maximum absolute atomic E-state index is 12.0. The van der Waals surface area contributed by atoms with Crippen molar-refractivity contribution in [2.24, 2.45) is 5.73 Å². The number of nitrogens with zero attached hydrogens (tertiary/aromatic N) is 5. The first-order valence-electron chi connectivity index (χ1n) is 10.4. The van der Waals surface area contributed by atoms with Gasteiger partial charge in [0.05, 0.1) is 11.7 Å². The number of carbonyl (C=O) groups is 2. The summed E-state index contributed by atoms with van der Waals surface area (Å²) in [7, 11) is 3.43. The van der Waals surface area contributed by atoms with Crippen LogP contribution < -0.4 is 21.3 Å². The second kappa shape index (κ2) is 9.04. The van der Waals surface area contributed by atoms with Crippen molar-refractivity contribution in [3.8, 4) is 0 Å². The molecule has 1 aromatic carbocycles. The van der Waals surface area contributed by atoms with Gasteiger partial charge < -0.3 is 26.2 Å².